The van der Waals surface area contributed by atoms with Crippen molar-refractivity contribution in [2.45, 2.75) is 116 Å². The minimum absolute atomic E-state index is 0.0181. The van der Waals surface area contributed by atoms with E-state index in [1.165, 1.54) is 0 Å². The maximum absolute atomic E-state index is 8.62. The van der Waals surface area contributed by atoms with Crippen molar-refractivity contribution < 1.29 is 181 Å². The van der Waals surface area contributed by atoms with Crippen molar-refractivity contribution in [1.29, 1.82) is 0 Å². The van der Waals surface area contributed by atoms with E-state index in [9.17, 15) is 0 Å². The molecule has 2 N–H and O–H groups in total. The summed E-state index contributed by atoms with van der Waals surface area (Å²) in [4.78, 5) is 0. The van der Waals surface area contributed by atoms with Crippen molar-refractivity contribution in [1.82, 2.24) is 0 Å². The Kier molecular flexibility index (Phi) is 100. The van der Waals surface area contributed by atoms with Crippen molar-refractivity contribution in [3.05, 3.63) is 86.0 Å². The lowest BCUT2D eigenvalue weighted by Crippen LogP contribution is -2.34. The Morgan fingerprint density at radius 1 is 0.194 bits per heavy atom. The number of ether oxygens (including phenoxy) is 36. The molecule has 2 aromatic rings. The summed E-state index contributed by atoms with van der Waals surface area (Å²) in [5.41, 5.74) is 0. The highest BCUT2D eigenvalue weighted by Gasteiger charge is 2.20. The number of rotatable bonds is 110. The molecule has 2 rings (SSSR count). The van der Waals surface area contributed by atoms with Gasteiger partial charge in [0.2, 0.25) is 0 Å². The molecule has 38 heteroatoms. The first kappa shape index (κ1) is 128. The third kappa shape index (κ3) is 96.9. The van der Waals surface area contributed by atoms with Crippen LogP contribution in [-0.4, -0.2) is 481 Å². The van der Waals surface area contributed by atoms with Crippen LogP contribution in [0.4, 0.5) is 0 Å². The van der Waals surface area contributed by atoms with Crippen LogP contribution in [0.15, 0.2) is 86.0 Å². The highest BCUT2D eigenvalue weighted by atomic mass is 16.6. The first-order valence-corrected chi connectivity index (χ1v) is 47.7. The molecule has 2 aromatic carbocycles. The highest BCUT2D eigenvalue weighted by molar-refractivity contribution is 5.21. The van der Waals surface area contributed by atoms with Crippen molar-refractivity contribution in [2.24, 2.45) is 0 Å². The standard InChI is InChI=1S/2C48H88O19/c1-6-13-61-37-43(2)63-38-44(3)64-39-45(4)65-40-46(5)66-41-48(42-67-47-10-8-7-9-11-47)62-36-35-60-34-33-59-32-31-58-30-29-57-28-27-56-26-25-55-24-23-54-22-21-53-20-19-52-18-17-51-16-15-50-14-12-49;1-6-13-61-37-43(2)63-38-44(3)64-39-45(4)65-40-46(5)67-48(42-66-47-10-8-7-9-11-47)41-62-36-35-60-34-33-59-32-31-58-30-29-57-28-27-56-26-25-55-24-23-54-22-21-53-20-19-52-18-17-51-16-15-50-14-12-49/h2*6-11,43-46,48-49H,1,12-42H2,2-5H3. The molecule has 0 aliphatic rings. The summed E-state index contributed by atoms with van der Waals surface area (Å²) in [6.45, 7) is 50.6. The van der Waals surface area contributed by atoms with Crippen LogP contribution >= 0.6 is 0 Å². The van der Waals surface area contributed by atoms with E-state index in [4.69, 9.17) is 181 Å². The quantitative estimate of drug-likeness (QED) is 0.0502. The molecule has 10 unspecified atom stereocenters. The van der Waals surface area contributed by atoms with Gasteiger partial charge in [-0.1, -0.05) is 48.6 Å². The maximum atomic E-state index is 8.62. The Morgan fingerprint density at radius 3 is 0.619 bits per heavy atom. The van der Waals surface area contributed by atoms with E-state index in [0.29, 0.717) is 396 Å². The fraction of sp³-hybridized carbons (Fsp3) is 0.833. The zero-order valence-corrected chi connectivity index (χ0v) is 82.5. The van der Waals surface area contributed by atoms with Crippen molar-refractivity contribution in [3.8, 4) is 11.5 Å². The third-order valence-corrected chi connectivity index (χ3v) is 17.4. The number of hydrogen-bond acceptors (Lipinski definition) is 38. The van der Waals surface area contributed by atoms with Crippen molar-refractivity contribution in [2.75, 3.05) is 410 Å². The number of hydrogen-bond donors (Lipinski definition) is 2. The summed E-state index contributed by atoms with van der Waals surface area (Å²) >= 11 is 0. The molecule has 0 radical (unpaired) electrons. The molecule has 0 heterocycles. The molecule has 0 spiro atoms. The fourth-order valence-electron chi connectivity index (χ4n) is 10.4. The van der Waals surface area contributed by atoms with E-state index < -0.39 is 0 Å². The maximum Gasteiger partial charge on any atom is 0.119 e. The lowest BCUT2D eigenvalue weighted by Gasteiger charge is -2.24. The molecule has 0 aliphatic heterocycles. The summed E-state index contributed by atoms with van der Waals surface area (Å²) < 4.78 is 203. The van der Waals surface area contributed by atoms with Gasteiger partial charge in [-0.2, -0.15) is 0 Å². The molecule has 0 bridgehead atoms. The molecule has 0 aliphatic carbocycles. The summed E-state index contributed by atoms with van der Waals surface area (Å²) in [5, 5.41) is 17.2. The molecule has 10 atom stereocenters. The van der Waals surface area contributed by atoms with Gasteiger partial charge in [0.25, 0.3) is 0 Å². The SMILES string of the molecule is C=CCOCC(C)OCC(C)OCC(C)OCC(C)OC(COCCOCCOCCOCCOCCOCCOCCOCCOCCOCCOCCOCCO)COc1ccccc1.C=CCOCC(C)OCC(C)OCC(C)OCC(C)OCC(COc1ccccc1)OCCOCCOCCOCCOCCOCCOCCOCCOCCOCCOCCOCCO. The van der Waals surface area contributed by atoms with Gasteiger partial charge < -0.3 is 181 Å². The zero-order valence-electron chi connectivity index (χ0n) is 82.5. The van der Waals surface area contributed by atoms with Gasteiger partial charge in [0.1, 0.15) is 36.9 Å². The lowest BCUT2D eigenvalue weighted by molar-refractivity contribution is -0.117. The summed E-state index contributed by atoms with van der Waals surface area (Å²) in [6, 6.07) is 19.2. The Labute approximate surface area is 800 Å². The number of para-hydroxylation sites is 2. The third-order valence-electron chi connectivity index (χ3n) is 17.4. The van der Waals surface area contributed by atoms with Gasteiger partial charge in [-0.05, 0) is 79.7 Å². The van der Waals surface area contributed by atoms with Crippen LogP contribution in [0.2, 0.25) is 0 Å². The zero-order chi connectivity index (χ0) is 96.7. The molecule has 788 valence electrons. The van der Waals surface area contributed by atoms with Gasteiger partial charge in [0.05, 0.1) is 445 Å². The second kappa shape index (κ2) is 105. The molecule has 0 aromatic heterocycles. The molecule has 38 nitrogen and oxygen atoms in total. The average Bonchev–Trinajstić information content (AvgIpc) is 0.885. The van der Waals surface area contributed by atoms with Crippen LogP contribution in [0.25, 0.3) is 0 Å². The van der Waals surface area contributed by atoms with Crippen LogP contribution < -0.4 is 9.47 Å². The Hall–Kier alpha value is -3.92. The van der Waals surface area contributed by atoms with E-state index in [0.717, 1.165) is 11.5 Å². The normalized spacial score (nSPS) is 14.0. The first-order chi connectivity index (χ1) is 65.9. The Bertz CT molecular complexity index is 2600. The minimum Gasteiger partial charge on any atom is -0.491 e. The number of benzene rings is 2. The van der Waals surface area contributed by atoms with Gasteiger partial charge in [-0.15, -0.1) is 13.2 Å². The number of aliphatic hydroxyl groups is 2. The van der Waals surface area contributed by atoms with Gasteiger partial charge >= 0.3 is 0 Å². The van der Waals surface area contributed by atoms with E-state index in [2.05, 4.69) is 13.2 Å². The van der Waals surface area contributed by atoms with Crippen LogP contribution in [0.3, 0.4) is 0 Å². The predicted molar refractivity (Wildman–Crippen MR) is 501 cm³/mol. The minimum atomic E-state index is -0.310. The first-order valence-electron chi connectivity index (χ1n) is 47.7. The molecular weight excluding hydrogens is 1760 g/mol. The van der Waals surface area contributed by atoms with Crippen molar-refractivity contribution >= 4 is 0 Å². The van der Waals surface area contributed by atoms with E-state index in [1.807, 2.05) is 116 Å². The smallest absolute Gasteiger partial charge is 0.119 e. The second-order valence-corrected chi connectivity index (χ2v) is 30.0. The summed E-state index contributed by atoms with van der Waals surface area (Å²) in [6.07, 6.45) is 2.05. The Morgan fingerprint density at radius 2 is 0.388 bits per heavy atom. The number of aliphatic hydroxyl groups excluding tert-OH is 2. The Balaban J connectivity index is 0.00000134. The molecule has 134 heavy (non-hydrogen) atoms. The second-order valence-electron chi connectivity index (χ2n) is 30.0. The average molecular weight is 1940 g/mol. The molecule has 0 amide bonds. The molecular formula is C96H176O38. The van der Waals surface area contributed by atoms with Gasteiger partial charge in [0.15, 0.2) is 0 Å². The highest BCUT2D eigenvalue weighted by Crippen LogP contribution is 2.14. The van der Waals surface area contributed by atoms with Gasteiger partial charge in [-0.25, -0.2) is 0 Å². The van der Waals surface area contributed by atoms with Crippen molar-refractivity contribution in [3.63, 3.8) is 0 Å². The van der Waals surface area contributed by atoms with Crippen LogP contribution in [-0.2, 0) is 161 Å². The predicted octanol–water partition coefficient (Wildman–Crippen LogP) is 6.90. The van der Waals surface area contributed by atoms with Gasteiger partial charge in [-0.3, -0.25) is 0 Å². The topological polar surface area (TPSA) is 373 Å². The van der Waals surface area contributed by atoms with E-state index >= 15 is 0 Å². The van der Waals surface area contributed by atoms with Crippen LogP contribution in [0.1, 0.15) is 55.4 Å². The van der Waals surface area contributed by atoms with Crippen LogP contribution in [0, 0.1) is 0 Å². The van der Waals surface area contributed by atoms with Crippen LogP contribution in [0.5, 0.6) is 11.5 Å². The van der Waals surface area contributed by atoms with Gasteiger partial charge in [0, 0.05) is 0 Å². The van der Waals surface area contributed by atoms with E-state index in [-0.39, 0.29) is 74.3 Å². The van der Waals surface area contributed by atoms with E-state index in [1.54, 1.807) is 12.2 Å². The molecule has 0 saturated carbocycles. The molecule has 0 fully saturated rings. The fourth-order valence-corrected chi connectivity index (χ4v) is 10.4. The summed E-state index contributed by atoms with van der Waals surface area (Å²) in [7, 11) is 0. The lowest BCUT2D eigenvalue weighted by atomic mass is 10.3. The largest absolute Gasteiger partial charge is 0.491 e. The summed E-state index contributed by atoms with van der Waals surface area (Å²) in [5.74, 6) is 1.53. The molecule has 0 saturated heterocycles. The monoisotopic (exact) mass is 1940 g/mol.